The topological polar surface area (TPSA) is 116 Å². The third-order valence-electron chi connectivity index (χ3n) is 7.15. The van der Waals surface area contributed by atoms with Crippen molar-refractivity contribution < 1.29 is 19.1 Å². The number of benzene rings is 1. The molecular formula is C34H40N6O4. The summed E-state index contributed by atoms with van der Waals surface area (Å²) in [6, 6.07) is 7.39. The summed E-state index contributed by atoms with van der Waals surface area (Å²) >= 11 is 0. The molecule has 2 N–H and O–H groups in total. The zero-order chi connectivity index (χ0) is 31.5. The number of hydrogen-bond acceptors (Lipinski definition) is 6. The number of carbonyl (C=O) groups is 2. The Labute approximate surface area is 258 Å². The van der Waals surface area contributed by atoms with Crippen LogP contribution in [0.2, 0.25) is 0 Å². The van der Waals surface area contributed by atoms with Gasteiger partial charge in [-0.1, -0.05) is 11.8 Å². The maximum absolute atomic E-state index is 12.6. The van der Waals surface area contributed by atoms with Crippen molar-refractivity contribution in [1.29, 1.82) is 0 Å². The van der Waals surface area contributed by atoms with Gasteiger partial charge in [-0.05, 0) is 103 Å². The Kier molecular flexibility index (Phi) is 8.73. The zero-order valence-corrected chi connectivity index (χ0v) is 26.3. The van der Waals surface area contributed by atoms with Gasteiger partial charge in [-0.15, -0.1) is 0 Å². The Balaban J connectivity index is 1.19. The summed E-state index contributed by atoms with van der Waals surface area (Å²) < 4.78 is 11.1. The average Bonchev–Trinajstić information content (AvgIpc) is 3.75. The molecule has 2 amide bonds. The van der Waals surface area contributed by atoms with Crippen molar-refractivity contribution in [1.82, 2.24) is 29.7 Å². The molecule has 2 aliphatic rings. The number of nitrogens with zero attached hydrogens (tertiary/aromatic N) is 4. The highest BCUT2D eigenvalue weighted by Gasteiger charge is 2.36. The second-order valence-corrected chi connectivity index (χ2v) is 13.1. The lowest BCUT2D eigenvalue weighted by atomic mass is 10.1. The largest absolute Gasteiger partial charge is 0.444 e. The van der Waals surface area contributed by atoms with Crippen LogP contribution in [0.15, 0.2) is 36.7 Å². The Bertz CT molecular complexity index is 1500. The van der Waals surface area contributed by atoms with Gasteiger partial charge in [0.25, 0.3) is 0 Å². The lowest BCUT2D eigenvalue weighted by molar-refractivity contribution is 0.0208. The standard InChI is InChI=1S/C34H40N6O4/c1-33(2,3)43-31(41)39-19-7-9-27(39)29-35-21-25(37-29)17-15-23-11-13-24(14-12-23)16-18-26-22-36-30(38-26)28-10-8-20-40(28)32(42)44-34(4,5)6/h11-14,21-22,27-28H,7-10,19-20H2,1-6H3,(H,35,37)(H,36,38)/t27-,28-/m0/s1. The number of nitrogens with one attached hydrogen (secondary N) is 2. The molecule has 0 bridgehead atoms. The third kappa shape index (κ3) is 7.82. The molecule has 44 heavy (non-hydrogen) atoms. The van der Waals surface area contributed by atoms with Gasteiger partial charge < -0.3 is 19.4 Å². The summed E-state index contributed by atoms with van der Waals surface area (Å²) in [7, 11) is 0. The lowest BCUT2D eigenvalue weighted by Crippen LogP contribution is -2.36. The number of H-pyrrole nitrogens is 2. The van der Waals surface area contributed by atoms with Crippen LogP contribution in [0.5, 0.6) is 0 Å². The van der Waals surface area contributed by atoms with Gasteiger partial charge >= 0.3 is 12.2 Å². The van der Waals surface area contributed by atoms with E-state index in [1.165, 1.54) is 0 Å². The van der Waals surface area contributed by atoms with E-state index in [0.717, 1.165) is 48.5 Å². The molecule has 2 aliphatic heterocycles. The molecule has 2 saturated heterocycles. The maximum atomic E-state index is 12.6. The Morgan fingerprint density at radius 2 is 1.09 bits per heavy atom. The quantitative estimate of drug-likeness (QED) is 0.347. The number of rotatable bonds is 2. The van der Waals surface area contributed by atoms with E-state index in [2.05, 4.69) is 43.6 Å². The predicted molar refractivity (Wildman–Crippen MR) is 165 cm³/mol. The van der Waals surface area contributed by atoms with Crippen LogP contribution in [0.1, 0.15) is 113 Å². The minimum atomic E-state index is -0.546. The first kappa shape index (κ1) is 30.7. The van der Waals surface area contributed by atoms with E-state index in [1.54, 1.807) is 22.2 Å². The average molecular weight is 597 g/mol. The summed E-state index contributed by atoms with van der Waals surface area (Å²) in [5, 5.41) is 0. The molecular weight excluding hydrogens is 556 g/mol. The molecule has 0 spiro atoms. The molecule has 2 fully saturated rings. The van der Waals surface area contributed by atoms with Gasteiger partial charge in [0.05, 0.1) is 24.5 Å². The first-order chi connectivity index (χ1) is 20.8. The van der Waals surface area contributed by atoms with E-state index in [1.807, 2.05) is 65.8 Å². The van der Waals surface area contributed by atoms with E-state index in [9.17, 15) is 9.59 Å². The molecule has 10 nitrogen and oxygen atoms in total. The van der Waals surface area contributed by atoms with E-state index >= 15 is 0 Å². The highest BCUT2D eigenvalue weighted by molar-refractivity contribution is 5.69. The Hall–Kier alpha value is -4.70. The van der Waals surface area contributed by atoms with Crippen molar-refractivity contribution in [2.45, 2.75) is 90.5 Å². The number of aromatic amines is 2. The van der Waals surface area contributed by atoms with E-state index in [4.69, 9.17) is 9.47 Å². The molecule has 5 rings (SSSR count). The summed E-state index contributed by atoms with van der Waals surface area (Å²) in [4.78, 5) is 44.3. The van der Waals surface area contributed by atoms with Crippen LogP contribution in [-0.2, 0) is 9.47 Å². The van der Waals surface area contributed by atoms with E-state index in [-0.39, 0.29) is 24.3 Å². The van der Waals surface area contributed by atoms with Gasteiger partial charge in [0.2, 0.25) is 0 Å². The van der Waals surface area contributed by atoms with Crippen molar-refractivity contribution in [2.75, 3.05) is 13.1 Å². The van der Waals surface area contributed by atoms with Crippen molar-refractivity contribution in [3.8, 4) is 23.7 Å². The number of aromatic nitrogens is 4. The minimum absolute atomic E-state index is 0.147. The van der Waals surface area contributed by atoms with Crippen LogP contribution in [0.4, 0.5) is 9.59 Å². The molecule has 4 heterocycles. The summed E-state index contributed by atoms with van der Waals surface area (Å²) in [6.45, 7) is 12.5. The molecule has 0 unspecified atom stereocenters. The predicted octanol–water partition coefficient (Wildman–Crippen LogP) is 6.08. The van der Waals surface area contributed by atoms with Gasteiger partial charge in [0.15, 0.2) is 0 Å². The molecule has 1 aromatic carbocycles. The highest BCUT2D eigenvalue weighted by Crippen LogP contribution is 2.32. The van der Waals surface area contributed by atoms with Crippen molar-refractivity contribution in [3.05, 3.63) is 70.8 Å². The third-order valence-corrected chi connectivity index (χ3v) is 7.15. The van der Waals surface area contributed by atoms with Crippen LogP contribution in [0, 0.1) is 23.7 Å². The molecule has 3 aromatic rings. The smallest absolute Gasteiger partial charge is 0.410 e. The maximum Gasteiger partial charge on any atom is 0.410 e. The fourth-order valence-corrected chi connectivity index (χ4v) is 5.24. The zero-order valence-electron chi connectivity index (χ0n) is 26.3. The number of imidazole rings is 2. The number of amides is 2. The van der Waals surface area contributed by atoms with Crippen molar-refractivity contribution >= 4 is 12.2 Å². The fraction of sp³-hybridized carbons (Fsp3) is 0.471. The first-order valence-corrected chi connectivity index (χ1v) is 15.1. The molecule has 230 valence electrons. The Morgan fingerprint density at radius 1 is 0.705 bits per heavy atom. The van der Waals surface area contributed by atoms with Gasteiger partial charge in [0, 0.05) is 24.2 Å². The molecule has 0 saturated carbocycles. The fourth-order valence-electron chi connectivity index (χ4n) is 5.24. The van der Waals surface area contributed by atoms with Gasteiger partial charge in [0.1, 0.15) is 34.2 Å². The van der Waals surface area contributed by atoms with Crippen LogP contribution in [0.3, 0.4) is 0 Å². The minimum Gasteiger partial charge on any atom is -0.444 e. The van der Waals surface area contributed by atoms with Gasteiger partial charge in [-0.25, -0.2) is 19.6 Å². The summed E-state index contributed by atoms with van der Waals surface area (Å²) in [5.74, 6) is 14.0. The van der Waals surface area contributed by atoms with E-state index < -0.39 is 11.2 Å². The molecule has 2 aromatic heterocycles. The monoisotopic (exact) mass is 596 g/mol. The van der Waals surface area contributed by atoms with E-state index in [0.29, 0.717) is 24.5 Å². The summed E-state index contributed by atoms with van der Waals surface area (Å²) in [6.07, 6.45) is 6.21. The normalized spacial score (nSPS) is 18.3. The van der Waals surface area contributed by atoms with Gasteiger partial charge in [-0.3, -0.25) is 9.80 Å². The second kappa shape index (κ2) is 12.5. The number of hydrogen-bond donors (Lipinski definition) is 2. The van der Waals surface area contributed by atoms with Crippen LogP contribution in [-0.4, -0.2) is 66.2 Å². The van der Waals surface area contributed by atoms with Crippen LogP contribution in [0.25, 0.3) is 0 Å². The lowest BCUT2D eigenvalue weighted by Gasteiger charge is -2.27. The molecule has 0 radical (unpaired) electrons. The highest BCUT2D eigenvalue weighted by atomic mass is 16.6. The Morgan fingerprint density at radius 3 is 1.45 bits per heavy atom. The SMILES string of the molecule is CC(C)(C)OC(=O)N1CCC[C@H]1c1ncc(C#Cc2ccc(C#Cc3cnc([C@@H]4CCCN4C(=O)OC(C)(C)C)[nH]3)cc2)[nH]1. The second-order valence-electron chi connectivity index (χ2n) is 13.1. The van der Waals surface area contributed by atoms with Crippen LogP contribution < -0.4 is 0 Å². The number of carbonyl (C=O) groups excluding carboxylic acids is 2. The summed E-state index contributed by atoms with van der Waals surface area (Å²) in [5.41, 5.74) is 1.96. The van der Waals surface area contributed by atoms with Crippen molar-refractivity contribution in [3.63, 3.8) is 0 Å². The molecule has 0 aliphatic carbocycles. The first-order valence-electron chi connectivity index (χ1n) is 15.1. The number of ether oxygens (including phenoxy) is 2. The number of likely N-dealkylation sites (tertiary alicyclic amines) is 2. The van der Waals surface area contributed by atoms with Crippen LogP contribution >= 0.6 is 0 Å². The molecule has 2 atom stereocenters. The molecule has 10 heteroatoms. The van der Waals surface area contributed by atoms with Crippen molar-refractivity contribution in [2.24, 2.45) is 0 Å². The van der Waals surface area contributed by atoms with Gasteiger partial charge in [-0.2, -0.15) is 0 Å².